The van der Waals surface area contributed by atoms with Crippen molar-refractivity contribution >= 4 is 0 Å². The zero-order chi connectivity index (χ0) is 8.43. The molecule has 0 aromatic heterocycles. The fourth-order valence-corrected chi connectivity index (χ4v) is 1.32. The van der Waals surface area contributed by atoms with Gasteiger partial charge in [-0.15, -0.1) is 0 Å². The van der Waals surface area contributed by atoms with Crippen molar-refractivity contribution in [1.29, 1.82) is 0 Å². The molecule has 2 unspecified atom stereocenters. The van der Waals surface area contributed by atoms with Gasteiger partial charge >= 0.3 is 0 Å². The minimum absolute atomic E-state index is 0.605. The fraction of sp³-hybridized carbons (Fsp3) is 0.556. The van der Waals surface area contributed by atoms with Gasteiger partial charge in [-0.3, -0.25) is 0 Å². The summed E-state index contributed by atoms with van der Waals surface area (Å²) in [5, 5.41) is 18.7. The molecular weight excluding hydrogens is 140 g/mol. The summed E-state index contributed by atoms with van der Waals surface area (Å²) in [7, 11) is 0. The molecule has 1 rings (SSSR count). The molecule has 0 heterocycles. The Morgan fingerprint density at radius 1 is 1.64 bits per heavy atom. The summed E-state index contributed by atoms with van der Waals surface area (Å²) in [5.74, 6) is 0. The van der Waals surface area contributed by atoms with Crippen molar-refractivity contribution in [3.05, 3.63) is 23.8 Å². The number of allylic oxidation sites excluding steroid dienone is 1. The Balaban J connectivity index is 2.78. The Morgan fingerprint density at radius 2 is 2.27 bits per heavy atom. The second-order valence-corrected chi connectivity index (χ2v) is 3.03. The van der Waals surface area contributed by atoms with E-state index in [1.165, 1.54) is 0 Å². The van der Waals surface area contributed by atoms with Crippen LogP contribution in [0.5, 0.6) is 0 Å². The van der Waals surface area contributed by atoms with Crippen LogP contribution in [-0.4, -0.2) is 22.4 Å². The maximum absolute atomic E-state index is 9.43. The standard InChI is InChI=1S/C9H14O2/c1-6(2)7-4-3-5-8(10)9(7)11/h4,8-11H,1,3,5H2,2H3. The summed E-state index contributed by atoms with van der Waals surface area (Å²) < 4.78 is 0. The van der Waals surface area contributed by atoms with Crippen molar-refractivity contribution in [1.82, 2.24) is 0 Å². The molecule has 0 aromatic carbocycles. The molecule has 0 spiro atoms. The van der Waals surface area contributed by atoms with E-state index in [2.05, 4.69) is 6.58 Å². The lowest BCUT2D eigenvalue weighted by molar-refractivity contribution is 0.0328. The molecule has 0 fully saturated rings. The third-order valence-corrected chi connectivity index (χ3v) is 2.00. The molecule has 11 heavy (non-hydrogen) atoms. The van der Waals surface area contributed by atoms with Crippen molar-refractivity contribution in [3.63, 3.8) is 0 Å². The molecule has 2 atom stereocenters. The monoisotopic (exact) mass is 154 g/mol. The van der Waals surface area contributed by atoms with Crippen LogP contribution in [-0.2, 0) is 0 Å². The molecule has 0 aliphatic heterocycles. The van der Waals surface area contributed by atoms with E-state index < -0.39 is 12.2 Å². The van der Waals surface area contributed by atoms with Gasteiger partial charge in [-0.1, -0.05) is 18.2 Å². The van der Waals surface area contributed by atoms with E-state index in [0.717, 1.165) is 17.6 Å². The Bertz CT molecular complexity index is 194. The largest absolute Gasteiger partial charge is 0.390 e. The minimum atomic E-state index is -0.721. The third kappa shape index (κ3) is 1.70. The Morgan fingerprint density at radius 3 is 2.73 bits per heavy atom. The molecule has 0 amide bonds. The smallest absolute Gasteiger partial charge is 0.105 e. The molecule has 0 radical (unpaired) electrons. The molecule has 1 aliphatic carbocycles. The SMILES string of the molecule is C=C(C)C1=CCCC(O)C1O. The molecule has 1 aliphatic rings. The van der Waals surface area contributed by atoms with Crippen molar-refractivity contribution < 1.29 is 10.2 Å². The van der Waals surface area contributed by atoms with Gasteiger partial charge in [0.2, 0.25) is 0 Å². The van der Waals surface area contributed by atoms with Crippen molar-refractivity contribution in [2.75, 3.05) is 0 Å². The number of rotatable bonds is 1. The number of hydrogen-bond acceptors (Lipinski definition) is 2. The quantitative estimate of drug-likeness (QED) is 0.591. The molecule has 0 aromatic rings. The highest BCUT2D eigenvalue weighted by molar-refractivity contribution is 5.32. The predicted octanol–water partition coefficient (Wildman–Crippen LogP) is 1.00. The topological polar surface area (TPSA) is 40.5 Å². The molecule has 2 N–H and O–H groups in total. The van der Waals surface area contributed by atoms with Gasteiger partial charge in [0.1, 0.15) is 6.10 Å². The van der Waals surface area contributed by atoms with Crippen LogP contribution in [0.3, 0.4) is 0 Å². The maximum Gasteiger partial charge on any atom is 0.105 e. The third-order valence-electron chi connectivity index (χ3n) is 2.00. The Hall–Kier alpha value is -0.600. The van der Waals surface area contributed by atoms with Gasteiger partial charge in [0.05, 0.1) is 6.10 Å². The number of hydrogen-bond donors (Lipinski definition) is 2. The van der Waals surface area contributed by atoms with E-state index in [9.17, 15) is 10.2 Å². The fourth-order valence-electron chi connectivity index (χ4n) is 1.32. The maximum atomic E-state index is 9.43. The van der Waals surface area contributed by atoms with Crippen LogP contribution >= 0.6 is 0 Å². The second kappa shape index (κ2) is 3.20. The summed E-state index contributed by atoms with van der Waals surface area (Å²) in [5.41, 5.74) is 1.64. The van der Waals surface area contributed by atoms with Gasteiger partial charge in [0.25, 0.3) is 0 Å². The van der Waals surface area contributed by atoms with Crippen LogP contribution < -0.4 is 0 Å². The lowest BCUT2D eigenvalue weighted by Crippen LogP contribution is -2.30. The first kappa shape index (κ1) is 8.50. The summed E-state index contributed by atoms with van der Waals surface area (Å²) in [6.45, 7) is 5.56. The first-order valence-electron chi connectivity index (χ1n) is 3.85. The van der Waals surface area contributed by atoms with Crippen LogP contribution in [0.15, 0.2) is 23.8 Å². The first-order chi connectivity index (χ1) is 5.13. The van der Waals surface area contributed by atoms with E-state index in [0.29, 0.717) is 6.42 Å². The molecule has 0 bridgehead atoms. The van der Waals surface area contributed by atoms with E-state index in [1.807, 2.05) is 13.0 Å². The minimum Gasteiger partial charge on any atom is -0.390 e. The van der Waals surface area contributed by atoms with Gasteiger partial charge in [0, 0.05) is 0 Å². The van der Waals surface area contributed by atoms with E-state index >= 15 is 0 Å². The highest BCUT2D eigenvalue weighted by Gasteiger charge is 2.23. The molecule has 2 nitrogen and oxygen atoms in total. The predicted molar refractivity (Wildman–Crippen MR) is 44.1 cm³/mol. The van der Waals surface area contributed by atoms with Gasteiger partial charge in [0.15, 0.2) is 0 Å². The summed E-state index contributed by atoms with van der Waals surface area (Å²) in [6.07, 6.45) is 2.10. The number of aliphatic hydroxyl groups excluding tert-OH is 2. The van der Waals surface area contributed by atoms with Crippen LogP contribution in [0.25, 0.3) is 0 Å². The number of aliphatic hydroxyl groups is 2. The van der Waals surface area contributed by atoms with E-state index in [1.54, 1.807) is 0 Å². The van der Waals surface area contributed by atoms with Crippen LogP contribution in [0.2, 0.25) is 0 Å². The van der Waals surface area contributed by atoms with Crippen molar-refractivity contribution in [3.8, 4) is 0 Å². The van der Waals surface area contributed by atoms with Crippen molar-refractivity contribution in [2.45, 2.75) is 32.0 Å². The summed E-state index contributed by atoms with van der Waals surface area (Å²) >= 11 is 0. The average molecular weight is 154 g/mol. The van der Waals surface area contributed by atoms with Crippen LogP contribution in [0.4, 0.5) is 0 Å². The molecule has 62 valence electrons. The Kier molecular flexibility index (Phi) is 2.47. The van der Waals surface area contributed by atoms with Gasteiger partial charge < -0.3 is 10.2 Å². The van der Waals surface area contributed by atoms with Crippen molar-refractivity contribution in [2.24, 2.45) is 0 Å². The van der Waals surface area contributed by atoms with E-state index in [4.69, 9.17) is 0 Å². The van der Waals surface area contributed by atoms with Crippen LogP contribution in [0, 0.1) is 0 Å². The average Bonchev–Trinajstić information content (AvgIpc) is 1.94. The zero-order valence-corrected chi connectivity index (χ0v) is 6.75. The normalized spacial score (nSPS) is 31.4. The lowest BCUT2D eigenvalue weighted by Gasteiger charge is -2.24. The Labute approximate surface area is 66.9 Å². The van der Waals surface area contributed by atoms with E-state index in [-0.39, 0.29) is 0 Å². The molecule has 2 heteroatoms. The molecule has 0 saturated heterocycles. The first-order valence-corrected chi connectivity index (χ1v) is 3.85. The van der Waals surface area contributed by atoms with Gasteiger partial charge in [-0.05, 0) is 25.3 Å². The molecular formula is C9H14O2. The highest BCUT2D eigenvalue weighted by atomic mass is 16.3. The molecule has 0 saturated carbocycles. The van der Waals surface area contributed by atoms with Gasteiger partial charge in [-0.2, -0.15) is 0 Å². The highest BCUT2D eigenvalue weighted by Crippen LogP contribution is 2.23. The second-order valence-electron chi connectivity index (χ2n) is 3.03. The van der Waals surface area contributed by atoms with Crippen LogP contribution in [0.1, 0.15) is 19.8 Å². The van der Waals surface area contributed by atoms with Gasteiger partial charge in [-0.25, -0.2) is 0 Å². The lowest BCUT2D eigenvalue weighted by atomic mass is 9.90. The summed E-state index contributed by atoms with van der Waals surface area (Å²) in [6, 6.07) is 0. The summed E-state index contributed by atoms with van der Waals surface area (Å²) in [4.78, 5) is 0. The zero-order valence-electron chi connectivity index (χ0n) is 6.75.